The van der Waals surface area contributed by atoms with Crippen LogP contribution in [0.4, 0.5) is 4.39 Å². The molecule has 0 fully saturated rings. The van der Waals surface area contributed by atoms with Gasteiger partial charge in [-0.2, -0.15) is 0 Å². The fourth-order valence-corrected chi connectivity index (χ4v) is 3.23. The van der Waals surface area contributed by atoms with E-state index in [1.165, 1.54) is 13.2 Å². The second-order valence-electron chi connectivity index (χ2n) is 6.63. The maximum absolute atomic E-state index is 13.8. The molecule has 0 saturated heterocycles. The molecule has 3 aromatic heterocycles. The molecule has 8 heteroatoms. The first-order valence-corrected chi connectivity index (χ1v) is 8.96. The van der Waals surface area contributed by atoms with Gasteiger partial charge in [-0.1, -0.05) is 12.1 Å². The molecule has 0 aliphatic rings. The van der Waals surface area contributed by atoms with E-state index in [0.29, 0.717) is 40.5 Å². The van der Waals surface area contributed by atoms with Crippen LogP contribution in [0.5, 0.6) is 0 Å². The second kappa shape index (κ2) is 7.38. The lowest BCUT2D eigenvalue weighted by Gasteiger charge is -2.10. The van der Waals surface area contributed by atoms with Gasteiger partial charge in [0, 0.05) is 11.8 Å². The number of aryl methyl sites for hydroxylation is 2. The number of aromatic nitrogens is 5. The highest BCUT2D eigenvalue weighted by Crippen LogP contribution is 2.26. The van der Waals surface area contributed by atoms with Gasteiger partial charge in [0.15, 0.2) is 5.65 Å². The van der Waals surface area contributed by atoms with Crippen LogP contribution in [0, 0.1) is 19.7 Å². The first-order valence-electron chi connectivity index (χ1n) is 8.96. The number of hydrogen-bond acceptors (Lipinski definition) is 6. The van der Waals surface area contributed by atoms with E-state index in [4.69, 9.17) is 4.74 Å². The average molecular weight is 391 g/mol. The van der Waals surface area contributed by atoms with Gasteiger partial charge in [-0.05, 0) is 37.6 Å². The number of carbonyl (C=O) groups is 1. The lowest BCUT2D eigenvalue weighted by molar-refractivity contribution is 0.0600. The minimum absolute atomic E-state index is 0.393. The third-order valence-corrected chi connectivity index (χ3v) is 4.56. The van der Waals surface area contributed by atoms with Crippen LogP contribution >= 0.6 is 0 Å². The van der Waals surface area contributed by atoms with E-state index < -0.39 is 11.8 Å². The number of pyridine rings is 1. The maximum Gasteiger partial charge on any atom is 0.337 e. The van der Waals surface area contributed by atoms with Crippen LogP contribution in [0.2, 0.25) is 0 Å². The van der Waals surface area contributed by atoms with Gasteiger partial charge in [-0.15, -0.1) is 0 Å². The molecule has 0 aliphatic heterocycles. The molecule has 0 spiro atoms. The third-order valence-electron chi connectivity index (χ3n) is 4.56. The number of halogens is 1. The standard InChI is InChI=1S/C21H18FN5O2/c1-12-18-20(25-13(2)24-12)27(19(26-18)16-8-17(22)10-23-9-16)11-14-4-6-15(7-5-14)21(28)29-3/h4-10H,11H2,1-3H3. The van der Waals surface area contributed by atoms with E-state index in [-0.39, 0.29) is 0 Å². The van der Waals surface area contributed by atoms with E-state index in [1.54, 1.807) is 18.3 Å². The van der Waals surface area contributed by atoms with Gasteiger partial charge in [0.2, 0.25) is 0 Å². The number of ether oxygens (including phenoxy) is 1. The Morgan fingerprint density at radius 2 is 1.86 bits per heavy atom. The molecule has 0 unspecified atom stereocenters. The van der Waals surface area contributed by atoms with Crippen molar-refractivity contribution in [1.82, 2.24) is 24.5 Å². The predicted octanol–water partition coefficient (Wildman–Crippen LogP) is 3.48. The average Bonchev–Trinajstić information content (AvgIpc) is 3.06. The summed E-state index contributed by atoms with van der Waals surface area (Å²) in [6, 6.07) is 8.48. The van der Waals surface area contributed by atoms with Gasteiger partial charge in [-0.3, -0.25) is 4.98 Å². The van der Waals surface area contributed by atoms with Crippen LogP contribution in [0.25, 0.3) is 22.6 Å². The van der Waals surface area contributed by atoms with Crippen molar-refractivity contribution in [3.8, 4) is 11.4 Å². The van der Waals surface area contributed by atoms with Crippen molar-refractivity contribution in [2.45, 2.75) is 20.4 Å². The SMILES string of the molecule is COC(=O)c1ccc(Cn2c(-c3cncc(F)c3)nc3c(C)nc(C)nc32)cc1. The highest BCUT2D eigenvalue weighted by atomic mass is 19.1. The molecular formula is C21H18FN5O2. The monoisotopic (exact) mass is 391 g/mol. The van der Waals surface area contributed by atoms with Gasteiger partial charge in [0.1, 0.15) is 23.0 Å². The van der Waals surface area contributed by atoms with Crippen molar-refractivity contribution in [1.29, 1.82) is 0 Å². The molecule has 4 rings (SSSR count). The van der Waals surface area contributed by atoms with Crippen LogP contribution in [0.1, 0.15) is 27.4 Å². The van der Waals surface area contributed by atoms with E-state index in [1.807, 2.05) is 30.5 Å². The summed E-state index contributed by atoms with van der Waals surface area (Å²) in [5.74, 6) is 0.339. The first-order chi connectivity index (χ1) is 14.0. The van der Waals surface area contributed by atoms with Gasteiger partial charge in [-0.25, -0.2) is 24.1 Å². The zero-order chi connectivity index (χ0) is 20.5. The molecular weight excluding hydrogens is 373 g/mol. The number of imidazole rings is 1. The molecule has 0 aliphatic carbocycles. The molecule has 3 heterocycles. The zero-order valence-electron chi connectivity index (χ0n) is 16.2. The fraction of sp³-hybridized carbons (Fsp3) is 0.190. The molecule has 0 N–H and O–H groups in total. The van der Waals surface area contributed by atoms with Crippen LogP contribution in [-0.4, -0.2) is 37.6 Å². The summed E-state index contributed by atoms with van der Waals surface area (Å²) < 4.78 is 20.4. The molecule has 146 valence electrons. The molecule has 0 bridgehead atoms. The summed E-state index contributed by atoms with van der Waals surface area (Å²) in [6.07, 6.45) is 2.72. The van der Waals surface area contributed by atoms with Crippen LogP contribution < -0.4 is 0 Å². The van der Waals surface area contributed by atoms with Crippen LogP contribution in [-0.2, 0) is 11.3 Å². The minimum atomic E-state index is -0.442. The van der Waals surface area contributed by atoms with Crippen LogP contribution in [0.3, 0.4) is 0 Å². The van der Waals surface area contributed by atoms with E-state index in [2.05, 4.69) is 19.9 Å². The van der Waals surface area contributed by atoms with Gasteiger partial charge >= 0.3 is 5.97 Å². The Labute approximate surface area is 166 Å². The molecule has 0 atom stereocenters. The summed E-state index contributed by atoms with van der Waals surface area (Å²) in [6.45, 7) is 4.12. The number of carbonyl (C=O) groups excluding carboxylic acids is 1. The summed E-state index contributed by atoms with van der Waals surface area (Å²) in [4.78, 5) is 29.2. The topological polar surface area (TPSA) is 82.8 Å². The van der Waals surface area contributed by atoms with Gasteiger partial charge in [0.25, 0.3) is 0 Å². The molecule has 0 radical (unpaired) electrons. The number of esters is 1. The smallest absolute Gasteiger partial charge is 0.337 e. The Bertz CT molecular complexity index is 1220. The van der Waals surface area contributed by atoms with Gasteiger partial charge in [0.05, 0.1) is 31.1 Å². The molecule has 7 nitrogen and oxygen atoms in total. The highest BCUT2D eigenvalue weighted by molar-refractivity contribution is 5.89. The zero-order valence-corrected chi connectivity index (χ0v) is 16.2. The highest BCUT2D eigenvalue weighted by Gasteiger charge is 2.18. The number of methoxy groups -OCH3 is 1. The maximum atomic E-state index is 13.8. The second-order valence-corrected chi connectivity index (χ2v) is 6.63. The summed E-state index contributed by atoms with van der Waals surface area (Å²) in [5, 5.41) is 0. The number of rotatable bonds is 4. The largest absolute Gasteiger partial charge is 0.465 e. The Balaban J connectivity index is 1.85. The first kappa shape index (κ1) is 18.7. The summed E-state index contributed by atoms with van der Waals surface area (Å²) in [7, 11) is 1.34. The predicted molar refractivity (Wildman–Crippen MR) is 105 cm³/mol. The Hall–Kier alpha value is -3.68. The van der Waals surface area contributed by atoms with E-state index in [0.717, 1.165) is 17.5 Å². The lowest BCUT2D eigenvalue weighted by atomic mass is 10.1. The Kier molecular flexibility index (Phi) is 4.75. The molecule has 4 aromatic rings. The molecule has 0 saturated carbocycles. The quantitative estimate of drug-likeness (QED) is 0.495. The molecule has 1 aromatic carbocycles. The number of nitrogens with zero attached hydrogens (tertiary/aromatic N) is 5. The lowest BCUT2D eigenvalue weighted by Crippen LogP contribution is -2.06. The normalized spacial score (nSPS) is 11.0. The summed E-state index contributed by atoms with van der Waals surface area (Å²) in [5.41, 5.74) is 4.00. The Morgan fingerprint density at radius 3 is 2.55 bits per heavy atom. The van der Waals surface area contributed by atoms with Crippen molar-refractivity contribution >= 4 is 17.1 Å². The number of hydrogen-bond donors (Lipinski definition) is 0. The summed E-state index contributed by atoms with van der Waals surface area (Å²) >= 11 is 0. The molecule has 29 heavy (non-hydrogen) atoms. The van der Waals surface area contributed by atoms with E-state index >= 15 is 0 Å². The van der Waals surface area contributed by atoms with Crippen molar-refractivity contribution in [3.05, 3.63) is 71.2 Å². The van der Waals surface area contributed by atoms with Crippen molar-refractivity contribution in [2.75, 3.05) is 7.11 Å². The fourth-order valence-electron chi connectivity index (χ4n) is 3.23. The van der Waals surface area contributed by atoms with E-state index in [9.17, 15) is 9.18 Å². The van der Waals surface area contributed by atoms with Gasteiger partial charge < -0.3 is 9.30 Å². The third kappa shape index (κ3) is 3.56. The van der Waals surface area contributed by atoms with Crippen molar-refractivity contribution in [3.63, 3.8) is 0 Å². The van der Waals surface area contributed by atoms with Crippen molar-refractivity contribution in [2.24, 2.45) is 0 Å². The van der Waals surface area contributed by atoms with Crippen LogP contribution in [0.15, 0.2) is 42.7 Å². The number of fused-ring (bicyclic) bond motifs is 1. The minimum Gasteiger partial charge on any atom is -0.465 e. The molecule has 0 amide bonds. The number of benzene rings is 1. The van der Waals surface area contributed by atoms with Crippen molar-refractivity contribution < 1.29 is 13.9 Å². The Morgan fingerprint density at radius 1 is 1.10 bits per heavy atom.